The van der Waals surface area contributed by atoms with E-state index in [1.54, 1.807) is 0 Å². The molecule has 4 nitrogen and oxygen atoms in total. The minimum Gasteiger partial charge on any atom is -0.351 e. The molecular formula is C14H19Cl2N3O. The molecule has 2 rings (SSSR count). The number of hydrogen-bond donors (Lipinski definition) is 2. The molecule has 0 bridgehead atoms. The van der Waals surface area contributed by atoms with Crippen LogP contribution in [0, 0.1) is 6.92 Å². The molecule has 20 heavy (non-hydrogen) atoms. The van der Waals surface area contributed by atoms with Gasteiger partial charge in [0.05, 0.1) is 11.1 Å². The first-order chi connectivity index (χ1) is 8.72. The second-order valence-corrected chi connectivity index (χ2v) is 4.19. The topological polar surface area (TPSA) is 54.0 Å². The predicted molar refractivity (Wildman–Crippen MR) is 87.2 cm³/mol. The third kappa shape index (κ3) is 4.34. The summed E-state index contributed by atoms with van der Waals surface area (Å²) in [5, 5.41) is 6.78. The molecule has 6 heteroatoms. The number of halogens is 2. The molecule has 1 aromatic heterocycles. The Morgan fingerprint density at radius 3 is 2.60 bits per heavy atom. The van der Waals surface area contributed by atoms with Crippen LogP contribution in [0.15, 0.2) is 30.3 Å². The maximum atomic E-state index is 12.1. The summed E-state index contributed by atoms with van der Waals surface area (Å²) in [5.41, 5.74) is 2.40. The van der Waals surface area contributed by atoms with Gasteiger partial charge >= 0.3 is 0 Å². The molecule has 0 saturated heterocycles. The highest BCUT2D eigenvalue weighted by atomic mass is 35.5. The van der Waals surface area contributed by atoms with Gasteiger partial charge in [0, 0.05) is 24.2 Å². The number of fused-ring (bicyclic) bond motifs is 1. The number of aromatic nitrogens is 1. The highest BCUT2D eigenvalue weighted by Crippen LogP contribution is 2.17. The van der Waals surface area contributed by atoms with E-state index in [4.69, 9.17) is 0 Å². The molecule has 2 N–H and O–H groups in total. The molecule has 0 spiro atoms. The smallest absolute Gasteiger partial charge is 0.252 e. The molecule has 1 aromatic carbocycles. The molecule has 1 heterocycles. The van der Waals surface area contributed by atoms with Crippen molar-refractivity contribution in [3.8, 4) is 0 Å². The number of hydrogen-bond acceptors (Lipinski definition) is 3. The van der Waals surface area contributed by atoms with E-state index in [2.05, 4.69) is 15.6 Å². The normalized spacial score (nSPS) is 9.50. The van der Waals surface area contributed by atoms with Gasteiger partial charge in [0.25, 0.3) is 5.91 Å². The monoisotopic (exact) mass is 315 g/mol. The zero-order valence-electron chi connectivity index (χ0n) is 11.5. The Morgan fingerprint density at radius 2 is 1.90 bits per heavy atom. The molecule has 1 amide bonds. The fourth-order valence-electron chi connectivity index (χ4n) is 1.89. The minimum atomic E-state index is -0.0491. The number of likely N-dealkylation sites (N-methyl/N-ethyl adjacent to an activating group) is 1. The van der Waals surface area contributed by atoms with Crippen LogP contribution in [0.3, 0.4) is 0 Å². The van der Waals surface area contributed by atoms with Gasteiger partial charge in [-0.25, -0.2) is 0 Å². The molecular weight excluding hydrogens is 297 g/mol. The van der Waals surface area contributed by atoms with Gasteiger partial charge in [-0.2, -0.15) is 0 Å². The van der Waals surface area contributed by atoms with Gasteiger partial charge in [0.1, 0.15) is 0 Å². The quantitative estimate of drug-likeness (QED) is 0.851. The number of nitrogens with one attached hydrogen (secondary N) is 2. The van der Waals surface area contributed by atoms with Gasteiger partial charge < -0.3 is 10.6 Å². The van der Waals surface area contributed by atoms with Crippen LogP contribution >= 0.6 is 24.8 Å². The second-order valence-electron chi connectivity index (χ2n) is 4.19. The zero-order valence-corrected chi connectivity index (χ0v) is 13.1. The van der Waals surface area contributed by atoms with E-state index in [0.717, 1.165) is 23.1 Å². The minimum absolute atomic E-state index is 0. The van der Waals surface area contributed by atoms with Crippen LogP contribution in [0.4, 0.5) is 0 Å². The summed E-state index contributed by atoms with van der Waals surface area (Å²) in [6.45, 7) is 3.27. The van der Waals surface area contributed by atoms with Gasteiger partial charge in [-0.1, -0.05) is 18.2 Å². The van der Waals surface area contributed by atoms with E-state index in [0.29, 0.717) is 12.1 Å². The van der Waals surface area contributed by atoms with E-state index in [1.807, 2.05) is 44.3 Å². The standard InChI is InChI=1S/C14H17N3O.2ClH/c1-10-9-12(14(18)16-8-7-15-2)11-5-3-4-6-13(11)17-10;;/h3-6,9,15H,7-8H2,1-2H3,(H,16,18);2*1H. The summed E-state index contributed by atoms with van der Waals surface area (Å²) in [6.07, 6.45) is 0. The maximum Gasteiger partial charge on any atom is 0.252 e. The lowest BCUT2D eigenvalue weighted by atomic mass is 10.1. The molecule has 110 valence electrons. The number of amides is 1. The third-order valence-electron chi connectivity index (χ3n) is 2.75. The summed E-state index contributed by atoms with van der Waals surface area (Å²) >= 11 is 0. The maximum absolute atomic E-state index is 12.1. The molecule has 0 aliphatic carbocycles. The van der Waals surface area contributed by atoms with Crippen LogP contribution < -0.4 is 10.6 Å². The summed E-state index contributed by atoms with van der Waals surface area (Å²) in [5.74, 6) is -0.0491. The summed E-state index contributed by atoms with van der Waals surface area (Å²) < 4.78 is 0. The fourth-order valence-corrected chi connectivity index (χ4v) is 1.89. The fraction of sp³-hybridized carbons (Fsp3) is 0.286. The van der Waals surface area contributed by atoms with Crippen LogP contribution in [-0.4, -0.2) is 31.0 Å². The number of para-hydroxylation sites is 1. The molecule has 0 radical (unpaired) electrons. The van der Waals surface area contributed by atoms with Crippen molar-refractivity contribution in [2.24, 2.45) is 0 Å². The van der Waals surface area contributed by atoms with Gasteiger partial charge in [0.15, 0.2) is 0 Å². The van der Waals surface area contributed by atoms with Crippen molar-refractivity contribution in [3.05, 3.63) is 41.6 Å². The molecule has 0 aliphatic rings. The molecule has 0 saturated carbocycles. The zero-order chi connectivity index (χ0) is 13.0. The predicted octanol–water partition coefficient (Wildman–Crippen LogP) is 2.34. The van der Waals surface area contributed by atoms with Crippen molar-refractivity contribution in [2.75, 3.05) is 20.1 Å². The van der Waals surface area contributed by atoms with Crippen molar-refractivity contribution >= 4 is 41.6 Å². The van der Waals surface area contributed by atoms with Crippen molar-refractivity contribution in [1.29, 1.82) is 0 Å². The van der Waals surface area contributed by atoms with Crippen molar-refractivity contribution < 1.29 is 4.79 Å². The second kappa shape index (κ2) is 8.74. The first-order valence-electron chi connectivity index (χ1n) is 6.01. The van der Waals surface area contributed by atoms with Crippen LogP contribution in [0.2, 0.25) is 0 Å². The van der Waals surface area contributed by atoms with Crippen molar-refractivity contribution in [1.82, 2.24) is 15.6 Å². The van der Waals surface area contributed by atoms with E-state index < -0.39 is 0 Å². The van der Waals surface area contributed by atoms with E-state index in [9.17, 15) is 4.79 Å². The van der Waals surface area contributed by atoms with E-state index >= 15 is 0 Å². The number of aryl methyl sites for hydroxylation is 1. The number of carbonyl (C=O) groups is 1. The van der Waals surface area contributed by atoms with E-state index in [1.165, 1.54) is 0 Å². The SMILES string of the molecule is CNCCNC(=O)c1cc(C)nc2ccccc12.Cl.Cl. The van der Waals surface area contributed by atoms with Gasteiger partial charge in [-0.15, -0.1) is 24.8 Å². The lowest BCUT2D eigenvalue weighted by molar-refractivity contribution is 0.0955. The molecule has 0 atom stereocenters. The Morgan fingerprint density at radius 1 is 1.20 bits per heavy atom. The largest absolute Gasteiger partial charge is 0.351 e. The van der Waals surface area contributed by atoms with Gasteiger partial charge in [-0.3, -0.25) is 9.78 Å². The number of carbonyl (C=O) groups excluding carboxylic acids is 1. The van der Waals surface area contributed by atoms with E-state index in [-0.39, 0.29) is 30.7 Å². The van der Waals surface area contributed by atoms with Crippen LogP contribution in [0.5, 0.6) is 0 Å². The van der Waals surface area contributed by atoms with Gasteiger partial charge in [-0.05, 0) is 26.1 Å². The summed E-state index contributed by atoms with van der Waals surface area (Å²) in [4.78, 5) is 16.5. The van der Waals surface area contributed by atoms with Crippen molar-refractivity contribution in [2.45, 2.75) is 6.92 Å². The number of rotatable bonds is 4. The highest BCUT2D eigenvalue weighted by molar-refractivity contribution is 6.06. The van der Waals surface area contributed by atoms with Crippen LogP contribution in [0.25, 0.3) is 10.9 Å². The summed E-state index contributed by atoms with van der Waals surface area (Å²) in [7, 11) is 1.86. The number of nitrogens with zero attached hydrogens (tertiary/aromatic N) is 1. The third-order valence-corrected chi connectivity index (χ3v) is 2.75. The Hall–Kier alpha value is -1.36. The van der Waals surface area contributed by atoms with Crippen LogP contribution in [0.1, 0.15) is 16.1 Å². The Balaban J connectivity index is 0.00000180. The Bertz CT molecular complexity index is 575. The first kappa shape index (κ1) is 18.6. The molecule has 0 fully saturated rings. The average Bonchev–Trinajstić information content (AvgIpc) is 2.38. The average molecular weight is 316 g/mol. The van der Waals surface area contributed by atoms with Crippen molar-refractivity contribution in [3.63, 3.8) is 0 Å². The molecule has 0 unspecified atom stereocenters. The lowest BCUT2D eigenvalue weighted by Crippen LogP contribution is -2.30. The first-order valence-corrected chi connectivity index (χ1v) is 6.01. The highest BCUT2D eigenvalue weighted by Gasteiger charge is 2.10. The Kier molecular flexibility index (Phi) is 8.15. The number of benzene rings is 1. The number of pyridine rings is 1. The lowest BCUT2D eigenvalue weighted by Gasteiger charge is -2.08. The van der Waals surface area contributed by atoms with Crippen LogP contribution in [-0.2, 0) is 0 Å². The molecule has 2 aromatic rings. The molecule has 0 aliphatic heterocycles. The van der Waals surface area contributed by atoms with Gasteiger partial charge in [0.2, 0.25) is 0 Å². The Labute approximate surface area is 131 Å². The summed E-state index contributed by atoms with van der Waals surface area (Å²) in [6, 6.07) is 9.53.